The summed E-state index contributed by atoms with van der Waals surface area (Å²) in [6.07, 6.45) is 3.87. The summed E-state index contributed by atoms with van der Waals surface area (Å²) in [6, 6.07) is 16.6. The molecule has 6 heteroatoms. The molecule has 0 aliphatic carbocycles. The Balaban J connectivity index is 0.000000627. The third-order valence-corrected chi connectivity index (χ3v) is 3.46. The average molecular weight is 448 g/mol. The molecular weight excluding hydrogens is 422 g/mol. The first-order valence-corrected chi connectivity index (χ1v) is 8.46. The van der Waals surface area contributed by atoms with Crippen LogP contribution in [0.5, 0.6) is 0 Å². The van der Waals surface area contributed by atoms with Crippen molar-refractivity contribution < 1.29 is 40.8 Å². The molecule has 0 saturated heterocycles. The molecule has 0 bridgehead atoms. The topological polar surface area (TPSA) is 52.6 Å². The van der Waals surface area contributed by atoms with Crippen LogP contribution in [0.1, 0.15) is 20.7 Å². The lowest BCUT2D eigenvalue weighted by Crippen LogP contribution is -3.00. The minimum atomic E-state index is -0.708. The van der Waals surface area contributed by atoms with Crippen LogP contribution in [-0.2, 0) is 9.78 Å². The van der Waals surface area contributed by atoms with E-state index in [0.717, 1.165) is 17.6 Å². The molecule has 0 aromatic heterocycles. The first-order chi connectivity index (χ1) is 12.9. The van der Waals surface area contributed by atoms with Crippen LogP contribution in [0.3, 0.4) is 0 Å². The molecule has 0 spiro atoms. The van der Waals surface area contributed by atoms with Crippen LogP contribution in [0.25, 0.3) is 0 Å². The normalized spacial score (nSPS) is 9.64. The SMILES string of the molecule is C=CC[N+](C)(C)CC=C.O=C(OOC(=O)c1ccccc1)c1ccccc1.[Br-]. The standard InChI is InChI=1S/C14H10O4.C8H16N.BrH/c15-13(11-7-3-1-4-8-11)17-18-14(16)12-9-5-2-6-10-12;1-5-7-9(3,4)8-6-2;/h1-10H;5-6H,1-2,7-8H2,3-4H3;1H/q;+1;/p-1. The monoisotopic (exact) mass is 447 g/mol. The van der Waals surface area contributed by atoms with Crippen molar-refractivity contribution in [3.63, 3.8) is 0 Å². The van der Waals surface area contributed by atoms with Gasteiger partial charge in [0, 0.05) is 0 Å². The molecule has 0 N–H and O–H groups in total. The largest absolute Gasteiger partial charge is 1.00 e. The van der Waals surface area contributed by atoms with Crippen LogP contribution in [0.2, 0.25) is 0 Å². The number of hydrogen-bond acceptors (Lipinski definition) is 4. The average Bonchev–Trinajstić information content (AvgIpc) is 2.67. The second kappa shape index (κ2) is 13.5. The Kier molecular flexibility index (Phi) is 12.2. The molecular formula is C22H26BrNO4. The number of nitrogens with zero attached hydrogens (tertiary/aromatic N) is 1. The van der Waals surface area contributed by atoms with E-state index in [-0.39, 0.29) is 17.0 Å². The highest BCUT2D eigenvalue weighted by atomic mass is 79.9. The predicted octanol–water partition coefficient (Wildman–Crippen LogP) is 1.05. The maximum absolute atomic E-state index is 11.5. The van der Waals surface area contributed by atoms with E-state index in [9.17, 15) is 9.59 Å². The maximum Gasteiger partial charge on any atom is 0.386 e. The highest BCUT2D eigenvalue weighted by Gasteiger charge is 2.13. The fraction of sp³-hybridized carbons (Fsp3) is 0.182. The molecule has 0 aliphatic rings. The molecule has 0 unspecified atom stereocenters. The Bertz CT molecular complexity index is 682. The van der Waals surface area contributed by atoms with E-state index in [1.165, 1.54) is 0 Å². The molecule has 0 saturated carbocycles. The van der Waals surface area contributed by atoms with Gasteiger partial charge >= 0.3 is 11.9 Å². The van der Waals surface area contributed by atoms with Crippen LogP contribution >= 0.6 is 0 Å². The fourth-order valence-corrected chi connectivity index (χ4v) is 2.09. The zero-order valence-corrected chi connectivity index (χ0v) is 17.8. The Morgan fingerprint density at radius 2 is 1.11 bits per heavy atom. The number of carbonyl (C=O) groups is 2. The second-order valence-corrected chi connectivity index (χ2v) is 6.35. The first-order valence-electron chi connectivity index (χ1n) is 8.46. The van der Waals surface area contributed by atoms with E-state index in [0.29, 0.717) is 11.1 Å². The molecule has 2 rings (SSSR count). The Labute approximate surface area is 177 Å². The Morgan fingerprint density at radius 1 is 0.786 bits per heavy atom. The molecule has 0 atom stereocenters. The van der Waals surface area contributed by atoms with Gasteiger partial charge in [0.1, 0.15) is 0 Å². The van der Waals surface area contributed by atoms with Crippen LogP contribution in [0.15, 0.2) is 86.0 Å². The van der Waals surface area contributed by atoms with Crippen molar-refractivity contribution in [1.29, 1.82) is 0 Å². The quantitative estimate of drug-likeness (QED) is 0.287. The minimum absolute atomic E-state index is 0. The number of quaternary nitrogens is 1. The van der Waals surface area contributed by atoms with Gasteiger partial charge in [0.2, 0.25) is 0 Å². The molecule has 150 valence electrons. The fourth-order valence-electron chi connectivity index (χ4n) is 2.09. The minimum Gasteiger partial charge on any atom is -1.00 e. The van der Waals surface area contributed by atoms with E-state index in [4.69, 9.17) is 0 Å². The van der Waals surface area contributed by atoms with Gasteiger partial charge in [-0.05, 0) is 36.4 Å². The van der Waals surface area contributed by atoms with Gasteiger partial charge in [0.15, 0.2) is 0 Å². The van der Waals surface area contributed by atoms with Gasteiger partial charge in [0.05, 0.1) is 38.3 Å². The summed E-state index contributed by atoms with van der Waals surface area (Å²) in [6.45, 7) is 9.37. The van der Waals surface area contributed by atoms with Gasteiger partial charge in [-0.2, -0.15) is 0 Å². The van der Waals surface area contributed by atoms with Gasteiger partial charge in [-0.15, -0.1) is 0 Å². The maximum atomic E-state index is 11.5. The summed E-state index contributed by atoms with van der Waals surface area (Å²) in [5.74, 6) is -1.42. The number of halogens is 1. The number of rotatable bonds is 6. The molecule has 2 aromatic rings. The number of benzene rings is 2. The molecule has 0 radical (unpaired) electrons. The van der Waals surface area contributed by atoms with Gasteiger partial charge in [0.25, 0.3) is 0 Å². The second-order valence-electron chi connectivity index (χ2n) is 6.35. The summed E-state index contributed by atoms with van der Waals surface area (Å²) in [4.78, 5) is 31.9. The lowest BCUT2D eigenvalue weighted by atomic mass is 10.2. The molecule has 2 aromatic carbocycles. The van der Waals surface area contributed by atoms with E-state index in [1.54, 1.807) is 60.7 Å². The third kappa shape index (κ3) is 9.85. The van der Waals surface area contributed by atoms with Crippen molar-refractivity contribution in [3.8, 4) is 0 Å². The van der Waals surface area contributed by atoms with Crippen molar-refractivity contribution in [2.75, 3.05) is 27.2 Å². The lowest BCUT2D eigenvalue weighted by molar-refractivity contribution is -0.878. The third-order valence-electron chi connectivity index (χ3n) is 3.46. The van der Waals surface area contributed by atoms with Crippen LogP contribution in [-0.4, -0.2) is 43.6 Å². The lowest BCUT2D eigenvalue weighted by Gasteiger charge is -2.26. The Hall–Kier alpha value is -2.70. The summed E-state index contributed by atoms with van der Waals surface area (Å²) >= 11 is 0. The zero-order valence-electron chi connectivity index (χ0n) is 16.2. The number of carbonyl (C=O) groups excluding carboxylic acids is 2. The van der Waals surface area contributed by atoms with E-state index < -0.39 is 11.9 Å². The molecule has 0 heterocycles. The molecule has 28 heavy (non-hydrogen) atoms. The summed E-state index contributed by atoms with van der Waals surface area (Å²) in [7, 11) is 4.31. The highest BCUT2D eigenvalue weighted by molar-refractivity contribution is 5.92. The van der Waals surface area contributed by atoms with Crippen molar-refractivity contribution in [2.24, 2.45) is 0 Å². The molecule has 0 aliphatic heterocycles. The smallest absolute Gasteiger partial charge is 0.386 e. The van der Waals surface area contributed by atoms with E-state index >= 15 is 0 Å². The molecule has 0 amide bonds. The van der Waals surface area contributed by atoms with Crippen molar-refractivity contribution >= 4 is 11.9 Å². The first kappa shape index (κ1) is 25.3. The molecule has 0 fully saturated rings. The van der Waals surface area contributed by atoms with Gasteiger partial charge in [-0.25, -0.2) is 19.4 Å². The van der Waals surface area contributed by atoms with Gasteiger partial charge in [-0.1, -0.05) is 49.6 Å². The molecule has 5 nitrogen and oxygen atoms in total. The van der Waals surface area contributed by atoms with Crippen molar-refractivity contribution in [3.05, 3.63) is 97.1 Å². The van der Waals surface area contributed by atoms with Crippen molar-refractivity contribution in [1.82, 2.24) is 0 Å². The van der Waals surface area contributed by atoms with Crippen LogP contribution < -0.4 is 17.0 Å². The van der Waals surface area contributed by atoms with Gasteiger partial charge < -0.3 is 21.5 Å². The summed E-state index contributed by atoms with van der Waals surface area (Å²) in [5, 5.41) is 0. The van der Waals surface area contributed by atoms with E-state index in [1.807, 2.05) is 12.2 Å². The highest BCUT2D eigenvalue weighted by Crippen LogP contribution is 2.05. The summed E-state index contributed by atoms with van der Waals surface area (Å²) in [5.41, 5.74) is 0.636. The predicted molar refractivity (Wildman–Crippen MR) is 106 cm³/mol. The van der Waals surface area contributed by atoms with Crippen LogP contribution in [0, 0.1) is 0 Å². The Morgan fingerprint density at radius 3 is 1.39 bits per heavy atom. The number of hydrogen-bond donors (Lipinski definition) is 0. The number of likely N-dealkylation sites (N-methyl/N-ethyl adjacent to an activating group) is 1. The van der Waals surface area contributed by atoms with Crippen molar-refractivity contribution in [2.45, 2.75) is 0 Å². The van der Waals surface area contributed by atoms with Gasteiger partial charge in [-0.3, -0.25) is 0 Å². The summed E-state index contributed by atoms with van der Waals surface area (Å²) < 4.78 is 0.951. The zero-order chi connectivity index (χ0) is 20.1. The van der Waals surface area contributed by atoms with E-state index in [2.05, 4.69) is 37.0 Å². The van der Waals surface area contributed by atoms with Crippen LogP contribution in [0.4, 0.5) is 0 Å².